The number of nitrogens with zero attached hydrogens (tertiary/aromatic N) is 4. The van der Waals surface area contributed by atoms with E-state index >= 15 is 0 Å². The second-order valence-electron chi connectivity index (χ2n) is 8.01. The summed E-state index contributed by atoms with van der Waals surface area (Å²) >= 11 is 0. The van der Waals surface area contributed by atoms with Crippen LogP contribution in [0.4, 0.5) is 0 Å². The Morgan fingerprint density at radius 1 is 1.17 bits per heavy atom. The fraction of sp³-hybridized carbons (Fsp3) is 0.391. The number of amides is 1. The van der Waals surface area contributed by atoms with Gasteiger partial charge in [0.15, 0.2) is 5.69 Å². The van der Waals surface area contributed by atoms with Crippen molar-refractivity contribution in [2.24, 2.45) is 12.1 Å². The predicted octanol–water partition coefficient (Wildman–Crippen LogP) is 3.62. The van der Waals surface area contributed by atoms with Gasteiger partial charge in [-0.2, -0.15) is 10.2 Å². The van der Waals surface area contributed by atoms with E-state index in [-0.39, 0.29) is 11.3 Å². The lowest BCUT2D eigenvalue weighted by atomic mass is 9.95. The molecule has 0 saturated heterocycles. The minimum atomic E-state index is -0.445. The Morgan fingerprint density at radius 2 is 1.87 bits per heavy atom. The Kier molecular flexibility index (Phi) is 5.53. The molecular weight excluding hydrogens is 378 g/mol. The molecule has 4 rings (SSSR count). The Bertz CT molecular complexity index is 1180. The van der Waals surface area contributed by atoms with Gasteiger partial charge in [0.05, 0.1) is 11.6 Å². The first-order valence-electron chi connectivity index (χ1n) is 10.4. The van der Waals surface area contributed by atoms with E-state index in [4.69, 9.17) is 0 Å². The number of carbonyl (C=O) groups excluding carboxylic acids is 1. The highest BCUT2D eigenvalue weighted by atomic mass is 16.2. The molecule has 2 aromatic heterocycles. The summed E-state index contributed by atoms with van der Waals surface area (Å²) < 4.78 is 3.59. The van der Waals surface area contributed by atoms with Gasteiger partial charge in [-0.25, -0.2) is 10.1 Å². The van der Waals surface area contributed by atoms with Crippen LogP contribution in [0.2, 0.25) is 0 Å². The smallest absolute Gasteiger partial charge is 0.292 e. The van der Waals surface area contributed by atoms with E-state index in [0.29, 0.717) is 16.8 Å². The molecule has 30 heavy (non-hydrogen) atoms. The lowest BCUT2D eigenvalue weighted by molar-refractivity contribution is 0.0950. The number of aryl methyl sites for hydroxylation is 2. The van der Waals surface area contributed by atoms with Crippen molar-refractivity contribution < 1.29 is 4.79 Å². The van der Waals surface area contributed by atoms with E-state index in [9.17, 15) is 9.59 Å². The van der Waals surface area contributed by atoms with Crippen LogP contribution in [-0.2, 0) is 7.05 Å². The van der Waals surface area contributed by atoms with Gasteiger partial charge in [0, 0.05) is 35.4 Å². The minimum absolute atomic E-state index is 0.178. The van der Waals surface area contributed by atoms with Crippen molar-refractivity contribution in [1.82, 2.24) is 19.8 Å². The van der Waals surface area contributed by atoms with Gasteiger partial charge in [0.1, 0.15) is 0 Å². The van der Waals surface area contributed by atoms with Gasteiger partial charge in [-0.15, -0.1) is 0 Å². The first-order valence-corrected chi connectivity index (χ1v) is 10.4. The molecule has 1 saturated carbocycles. The van der Waals surface area contributed by atoms with Crippen molar-refractivity contribution in [3.63, 3.8) is 0 Å². The molecule has 7 heteroatoms. The maximum atomic E-state index is 12.7. The molecule has 7 nitrogen and oxygen atoms in total. The SMILES string of the molecule is Cc1cc(/C=N\NC(=O)c2nn(C)c(=O)c3ccccc23)c(C)n1C1CCCCC1. The monoisotopic (exact) mass is 405 g/mol. The van der Waals surface area contributed by atoms with E-state index in [1.54, 1.807) is 30.5 Å². The summed E-state index contributed by atoms with van der Waals surface area (Å²) in [6.07, 6.45) is 8.00. The molecule has 1 aliphatic carbocycles. The van der Waals surface area contributed by atoms with E-state index < -0.39 is 5.91 Å². The van der Waals surface area contributed by atoms with Crippen LogP contribution >= 0.6 is 0 Å². The number of fused-ring (bicyclic) bond motifs is 1. The average Bonchev–Trinajstić information content (AvgIpc) is 3.04. The van der Waals surface area contributed by atoms with Crippen molar-refractivity contribution in [2.45, 2.75) is 52.0 Å². The molecule has 1 N–H and O–H groups in total. The minimum Gasteiger partial charge on any atom is -0.345 e. The van der Waals surface area contributed by atoms with Crippen LogP contribution in [0.1, 0.15) is 65.6 Å². The first-order chi connectivity index (χ1) is 14.5. The van der Waals surface area contributed by atoms with Crippen molar-refractivity contribution in [3.05, 3.63) is 63.3 Å². The molecule has 0 aliphatic heterocycles. The summed E-state index contributed by atoms with van der Waals surface area (Å²) in [5, 5.41) is 9.29. The van der Waals surface area contributed by atoms with E-state index in [0.717, 1.165) is 5.56 Å². The molecule has 0 radical (unpaired) electrons. The van der Waals surface area contributed by atoms with E-state index in [1.165, 1.54) is 55.2 Å². The lowest BCUT2D eigenvalue weighted by Crippen LogP contribution is -2.27. The highest BCUT2D eigenvalue weighted by Crippen LogP contribution is 2.31. The summed E-state index contributed by atoms with van der Waals surface area (Å²) in [6, 6.07) is 9.63. The molecule has 0 unspecified atom stereocenters. The molecule has 0 atom stereocenters. The Hall–Kier alpha value is -3.22. The van der Waals surface area contributed by atoms with E-state index in [2.05, 4.69) is 40.1 Å². The number of hydrogen-bond donors (Lipinski definition) is 1. The maximum Gasteiger partial charge on any atom is 0.292 e. The molecule has 1 aromatic carbocycles. The second kappa shape index (κ2) is 8.26. The molecule has 1 amide bonds. The second-order valence-corrected chi connectivity index (χ2v) is 8.01. The third-order valence-corrected chi connectivity index (χ3v) is 6.00. The number of aromatic nitrogens is 3. The van der Waals surface area contributed by atoms with Crippen LogP contribution < -0.4 is 11.0 Å². The van der Waals surface area contributed by atoms with Gasteiger partial charge in [-0.05, 0) is 38.8 Å². The Labute approximate surface area is 175 Å². The van der Waals surface area contributed by atoms with Crippen molar-refractivity contribution in [1.29, 1.82) is 0 Å². The topological polar surface area (TPSA) is 81.3 Å². The van der Waals surface area contributed by atoms with Gasteiger partial charge >= 0.3 is 0 Å². The fourth-order valence-corrected chi connectivity index (χ4v) is 4.52. The molecular formula is C23H27N5O2. The third-order valence-electron chi connectivity index (χ3n) is 6.00. The number of nitrogens with one attached hydrogen (secondary N) is 1. The molecule has 156 valence electrons. The number of benzene rings is 1. The van der Waals surface area contributed by atoms with Crippen LogP contribution in [0.25, 0.3) is 10.8 Å². The van der Waals surface area contributed by atoms with E-state index in [1.807, 2.05) is 0 Å². The number of rotatable bonds is 4. The number of carbonyl (C=O) groups is 1. The van der Waals surface area contributed by atoms with Crippen LogP contribution in [0.5, 0.6) is 0 Å². The zero-order valence-electron chi connectivity index (χ0n) is 17.7. The third kappa shape index (κ3) is 3.67. The molecule has 1 aliphatic rings. The summed E-state index contributed by atoms with van der Waals surface area (Å²) in [4.78, 5) is 24.9. The highest BCUT2D eigenvalue weighted by molar-refractivity contribution is 6.05. The summed E-state index contributed by atoms with van der Waals surface area (Å²) in [5.41, 5.74) is 5.89. The summed E-state index contributed by atoms with van der Waals surface area (Å²) in [5.74, 6) is -0.445. The molecule has 2 heterocycles. The normalized spacial score (nSPS) is 15.2. The molecule has 0 bridgehead atoms. The fourth-order valence-electron chi connectivity index (χ4n) is 4.52. The highest BCUT2D eigenvalue weighted by Gasteiger charge is 2.20. The Balaban J connectivity index is 1.56. The largest absolute Gasteiger partial charge is 0.345 e. The summed E-state index contributed by atoms with van der Waals surface area (Å²) in [7, 11) is 1.54. The van der Waals surface area contributed by atoms with Crippen LogP contribution in [0, 0.1) is 13.8 Å². The maximum absolute atomic E-state index is 12.7. The molecule has 3 aromatic rings. The van der Waals surface area contributed by atoms with Crippen molar-refractivity contribution in [3.8, 4) is 0 Å². The van der Waals surface area contributed by atoms with Crippen molar-refractivity contribution >= 4 is 22.9 Å². The zero-order valence-corrected chi connectivity index (χ0v) is 17.7. The van der Waals surface area contributed by atoms with Crippen molar-refractivity contribution in [2.75, 3.05) is 0 Å². The molecule has 1 fully saturated rings. The van der Waals surface area contributed by atoms with Gasteiger partial charge in [0.25, 0.3) is 11.5 Å². The lowest BCUT2D eigenvalue weighted by Gasteiger charge is -2.26. The van der Waals surface area contributed by atoms with Gasteiger partial charge in [0.2, 0.25) is 0 Å². The zero-order chi connectivity index (χ0) is 21.3. The van der Waals surface area contributed by atoms with Crippen LogP contribution in [-0.4, -0.2) is 26.5 Å². The Morgan fingerprint density at radius 3 is 2.60 bits per heavy atom. The van der Waals surface area contributed by atoms with Gasteiger partial charge in [-0.3, -0.25) is 9.59 Å². The molecule has 0 spiro atoms. The summed E-state index contributed by atoms with van der Waals surface area (Å²) in [6.45, 7) is 4.23. The number of hydrazone groups is 1. The van der Waals surface area contributed by atoms with Gasteiger partial charge < -0.3 is 4.57 Å². The predicted molar refractivity (Wildman–Crippen MR) is 118 cm³/mol. The first kappa shape index (κ1) is 20.1. The standard InChI is InChI=1S/C23H27N5O2/c1-15-13-17(16(2)28(15)18-9-5-4-6-10-18)14-24-25-22(29)21-19-11-7-8-12-20(19)23(30)27(3)26-21/h7-8,11-14,18H,4-6,9-10H2,1-3H3,(H,25,29)/b24-14-. The average molecular weight is 406 g/mol. The van der Waals surface area contributed by atoms with Gasteiger partial charge in [-0.1, -0.05) is 37.5 Å². The van der Waals surface area contributed by atoms with Crippen LogP contribution in [0.3, 0.4) is 0 Å². The van der Waals surface area contributed by atoms with Crippen LogP contribution in [0.15, 0.2) is 40.2 Å². The number of hydrogen-bond acceptors (Lipinski definition) is 4. The quantitative estimate of drug-likeness (QED) is 0.532.